The normalized spacial score (nSPS) is 11.6. The number of halogens is 1. The van der Waals surface area contributed by atoms with E-state index in [1.807, 2.05) is 0 Å². The minimum absolute atomic E-state index is 0.0805. The van der Waals surface area contributed by atoms with E-state index in [0.29, 0.717) is 5.69 Å². The fourth-order valence-electron chi connectivity index (χ4n) is 1.38. The van der Waals surface area contributed by atoms with Gasteiger partial charge in [0.25, 0.3) is 0 Å². The number of aromatic nitrogens is 2. The average molecular weight is 364 g/mol. The first kappa shape index (κ1) is 12.3. The maximum absolute atomic E-state index is 11.2. The summed E-state index contributed by atoms with van der Waals surface area (Å²) in [5.41, 5.74) is 6.43. The van der Waals surface area contributed by atoms with Gasteiger partial charge in [0.05, 0.1) is 21.1 Å². The molecule has 2 rings (SSSR count). The molecule has 0 atom stereocenters. The van der Waals surface area contributed by atoms with Gasteiger partial charge in [0.1, 0.15) is 4.90 Å². The van der Waals surface area contributed by atoms with E-state index in [0.717, 1.165) is 3.57 Å². The van der Waals surface area contributed by atoms with Crippen molar-refractivity contribution < 1.29 is 8.42 Å². The number of hydrogen-bond acceptors (Lipinski definition) is 4. The Hall–Kier alpha value is -1.13. The van der Waals surface area contributed by atoms with Crippen LogP contribution in [0.1, 0.15) is 0 Å². The largest absolute Gasteiger partial charge is 0.398 e. The van der Waals surface area contributed by atoms with Gasteiger partial charge in [0.15, 0.2) is 0 Å². The Balaban J connectivity index is 2.52. The van der Waals surface area contributed by atoms with Gasteiger partial charge in [0.2, 0.25) is 10.0 Å². The van der Waals surface area contributed by atoms with E-state index in [1.165, 1.54) is 12.1 Å². The van der Waals surface area contributed by atoms with E-state index in [1.54, 1.807) is 23.1 Å². The van der Waals surface area contributed by atoms with Crippen LogP contribution in [0.4, 0.5) is 5.69 Å². The quantitative estimate of drug-likeness (QED) is 0.605. The smallest absolute Gasteiger partial charge is 0.240 e. The van der Waals surface area contributed by atoms with Crippen LogP contribution in [0.2, 0.25) is 0 Å². The van der Waals surface area contributed by atoms with Crippen LogP contribution in [-0.4, -0.2) is 18.2 Å². The van der Waals surface area contributed by atoms with Crippen molar-refractivity contribution in [2.45, 2.75) is 4.90 Å². The highest BCUT2D eigenvalue weighted by atomic mass is 127. The number of nitrogens with two attached hydrogens (primary N) is 2. The molecular weight excluding hydrogens is 355 g/mol. The van der Waals surface area contributed by atoms with Crippen LogP contribution in [0.5, 0.6) is 0 Å². The number of nitrogens with zero attached hydrogens (tertiary/aromatic N) is 2. The first-order valence-electron chi connectivity index (χ1n) is 4.51. The summed E-state index contributed by atoms with van der Waals surface area (Å²) in [5.74, 6) is 0. The van der Waals surface area contributed by atoms with Crippen LogP contribution in [0.15, 0.2) is 35.5 Å². The second-order valence-corrected chi connectivity index (χ2v) is 6.15. The Morgan fingerprint density at radius 2 is 2.06 bits per heavy atom. The predicted molar refractivity (Wildman–Crippen MR) is 72.1 cm³/mol. The molecule has 1 aromatic carbocycles. The Morgan fingerprint density at radius 1 is 1.35 bits per heavy atom. The van der Waals surface area contributed by atoms with Gasteiger partial charge < -0.3 is 5.73 Å². The molecule has 0 spiro atoms. The predicted octanol–water partition coefficient (Wildman–Crippen LogP) is 0.707. The average Bonchev–Trinajstić information content (AvgIpc) is 2.62. The summed E-state index contributed by atoms with van der Waals surface area (Å²) >= 11 is 2.13. The first-order valence-corrected chi connectivity index (χ1v) is 7.13. The third-order valence-corrected chi connectivity index (χ3v) is 3.66. The molecule has 0 fully saturated rings. The minimum Gasteiger partial charge on any atom is -0.398 e. The summed E-state index contributed by atoms with van der Waals surface area (Å²) in [4.78, 5) is -0.0805. The topological polar surface area (TPSA) is 104 Å². The molecular formula is C9H9IN4O2S. The lowest BCUT2D eigenvalue weighted by molar-refractivity contribution is 0.598. The third-order valence-electron chi connectivity index (χ3n) is 2.12. The first-order chi connectivity index (χ1) is 7.88. The van der Waals surface area contributed by atoms with Gasteiger partial charge in [-0.25, -0.2) is 18.2 Å². The maximum atomic E-state index is 11.2. The Morgan fingerprint density at radius 3 is 2.53 bits per heavy atom. The van der Waals surface area contributed by atoms with E-state index >= 15 is 0 Å². The fraction of sp³-hybridized carbons (Fsp3) is 0. The van der Waals surface area contributed by atoms with Crippen molar-refractivity contribution in [1.82, 2.24) is 9.78 Å². The molecule has 6 nitrogen and oxygen atoms in total. The fourth-order valence-corrected chi connectivity index (χ4v) is 2.41. The van der Waals surface area contributed by atoms with Crippen LogP contribution >= 0.6 is 22.6 Å². The van der Waals surface area contributed by atoms with E-state index in [2.05, 4.69) is 27.7 Å². The van der Waals surface area contributed by atoms with Gasteiger partial charge in [0, 0.05) is 6.20 Å². The van der Waals surface area contributed by atoms with Crippen molar-refractivity contribution >= 4 is 38.3 Å². The molecule has 8 heteroatoms. The highest BCUT2D eigenvalue weighted by Gasteiger charge is 2.12. The number of rotatable bonds is 2. The molecule has 4 N–H and O–H groups in total. The van der Waals surface area contributed by atoms with Crippen molar-refractivity contribution in [3.8, 4) is 5.69 Å². The molecule has 0 saturated heterocycles. The van der Waals surface area contributed by atoms with Gasteiger partial charge in [-0.15, -0.1) is 0 Å². The molecule has 0 aliphatic heterocycles. The summed E-state index contributed by atoms with van der Waals surface area (Å²) in [7, 11) is -3.78. The summed E-state index contributed by atoms with van der Waals surface area (Å²) in [6.45, 7) is 0. The lowest BCUT2D eigenvalue weighted by Gasteiger charge is -2.06. The maximum Gasteiger partial charge on any atom is 0.240 e. The number of benzene rings is 1. The number of nitrogen functional groups attached to an aromatic ring is 1. The molecule has 2 aromatic rings. The second-order valence-electron chi connectivity index (χ2n) is 3.37. The van der Waals surface area contributed by atoms with Crippen molar-refractivity contribution in [2.24, 2.45) is 5.14 Å². The van der Waals surface area contributed by atoms with E-state index in [9.17, 15) is 8.42 Å². The Kier molecular flexibility index (Phi) is 3.10. The van der Waals surface area contributed by atoms with Crippen LogP contribution in [0.3, 0.4) is 0 Å². The number of sulfonamides is 1. The summed E-state index contributed by atoms with van der Waals surface area (Å²) in [5, 5.41) is 9.11. The molecule has 1 aromatic heterocycles. The number of primary sulfonamides is 1. The molecule has 17 heavy (non-hydrogen) atoms. The van der Waals surface area contributed by atoms with Crippen molar-refractivity contribution in [1.29, 1.82) is 0 Å². The van der Waals surface area contributed by atoms with Crippen LogP contribution in [-0.2, 0) is 10.0 Å². The number of anilines is 1. The van der Waals surface area contributed by atoms with Gasteiger partial charge in [-0.1, -0.05) is 0 Å². The van der Waals surface area contributed by atoms with Crippen molar-refractivity contribution in [2.75, 3.05) is 5.73 Å². The molecule has 90 valence electrons. The molecule has 0 bridgehead atoms. The molecule has 0 aliphatic rings. The standard InChI is InChI=1S/C9H9IN4O2S/c10-6-4-13-14(5-6)7-1-2-9(8(11)3-7)17(12,15)16/h1-5H,11H2,(H2,12,15,16). The monoisotopic (exact) mass is 364 g/mol. The zero-order chi connectivity index (χ0) is 12.6. The zero-order valence-electron chi connectivity index (χ0n) is 8.54. The molecule has 0 saturated carbocycles. The van der Waals surface area contributed by atoms with Crippen molar-refractivity contribution in [3.63, 3.8) is 0 Å². The summed E-state index contributed by atoms with van der Waals surface area (Å²) in [6.07, 6.45) is 3.48. The van der Waals surface area contributed by atoms with E-state index < -0.39 is 10.0 Å². The Labute approximate surface area is 112 Å². The molecule has 0 unspecified atom stereocenters. The highest BCUT2D eigenvalue weighted by molar-refractivity contribution is 14.1. The SMILES string of the molecule is Nc1cc(-n2cc(I)cn2)ccc1S(N)(=O)=O. The minimum atomic E-state index is -3.78. The molecule has 1 heterocycles. The van der Waals surface area contributed by atoms with Crippen LogP contribution in [0.25, 0.3) is 5.69 Å². The van der Waals surface area contributed by atoms with Crippen LogP contribution in [0, 0.1) is 3.57 Å². The van der Waals surface area contributed by atoms with Gasteiger partial charge >= 0.3 is 0 Å². The number of hydrogen-bond donors (Lipinski definition) is 2. The molecule has 0 radical (unpaired) electrons. The molecule has 0 amide bonds. The van der Waals surface area contributed by atoms with Crippen molar-refractivity contribution in [3.05, 3.63) is 34.2 Å². The lowest BCUT2D eigenvalue weighted by Crippen LogP contribution is -2.14. The van der Waals surface area contributed by atoms with Gasteiger partial charge in [-0.05, 0) is 40.8 Å². The second kappa shape index (κ2) is 4.27. The summed E-state index contributed by atoms with van der Waals surface area (Å²) < 4.78 is 24.9. The zero-order valence-corrected chi connectivity index (χ0v) is 11.5. The lowest BCUT2D eigenvalue weighted by atomic mass is 10.3. The molecule has 0 aliphatic carbocycles. The van der Waals surface area contributed by atoms with E-state index in [-0.39, 0.29) is 10.6 Å². The third kappa shape index (κ3) is 2.58. The highest BCUT2D eigenvalue weighted by Crippen LogP contribution is 2.20. The van der Waals surface area contributed by atoms with Gasteiger partial charge in [-0.3, -0.25) is 0 Å². The van der Waals surface area contributed by atoms with E-state index in [4.69, 9.17) is 10.9 Å². The summed E-state index contributed by atoms with van der Waals surface area (Å²) in [6, 6.07) is 4.48. The van der Waals surface area contributed by atoms with Gasteiger partial charge in [-0.2, -0.15) is 5.10 Å². The van der Waals surface area contributed by atoms with Crippen LogP contribution < -0.4 is 10.9 Å². The Bertz CT molecular complexity index is 665.